The molecule has 14 heavy (non-hydrogen) atoms. The highest BCUT2D eigenvalue weighted by Crippen LogP contribution is 2.19. The number of rotatable bonds is 2. The van der Waals surface area contributed by atoms with Gasteiger partial charge in [0, 0.05) is 5.02 Å². The molecule has 0 radical (unpaired) electrons. The Hall–Kier alpha value is -1.05. The molecule has 1 rings (SSSR count). The molecule has 0 N–H and O–H groups in total. The Morgan fingerprint density at radius 3 is 2.64 bits per heavy atom. The van der Waals surface area contributed by atoms with Crippen molar-refractivity contribution < 1.29 is 8.42 Å². The van der Waals surface area contributed by atoms with Crippen molar-refractivity contribution in [3.8, 4) is 6.07 Å². The Morgan fingerprint density at radius 2 is 2.14 bits per heavy atom. The first-order chi connectivity index (χ1) is 6.47. The van der Waals surface area contributed by atoms with Crippen molar-refractivity contribution in [1.29, 1.82) is 5.26 Å². The maximum Gasteiger partial charge on any atom is 0.191 e. The van der Waals surface area contributed by atoms with E-state index in [2.05, 4.69) is 0 Å². The predicted octanol–water partition coefficient (Wildman–Crippen LogP) is 1.95. The molecule has 0 saturated carbocycles. The Balaban J connectivity index is 3.23. The predicted molar refractivity (Wildman–Crippen MR) is 53.9 cm³/mol. The third-order valence-corrected chi connectivity index (χ3v) is 3.65. The lowest BCUT2D eigenvalue weighted by atomic mass is 10.2. The summed E-state index contributed by atoms with van der Waals surface area (Å²) < 4.78 is 22.9. The summed E-state index contributed by atoms with van der Waals surface area (Å²) in [6.45, 7) is 1.72. The summed E-state index contributed by atoms with van der Waals surface area (Å²) in [5.74, 6) is -0.506. The van der Waals surface area contributed by atoms with Crippen molar-refractivity contribution in [1.82, 2.24) is 0 Å². The quantitative estimate of drug-likeness (QED) is 0.779. The molecule has 0 fully saturated rings. The topological polar surface area (TPSA) is 57.9 Å². The summed E-state index contributed by atoms with van der Waals surface area (Å²) in [6, 6.07) is 6.01. The fourth-order valence-corrected chi connectivity index (χ4v) is 2.06. The Morgan fingerprint density at radius 1 is 1.50 bits per heavy atom. The Bertz CT molecular complexity index is 488. The van der Waals surface area contributed by atoms with Crippen molar-refractivity contribution in [2.24, 2.45) is 0 Å². The molecule has 1 aromatic rings. The summed E-state index contributed by atoms with van der Waals surface area (Å²) in [5, 5.41) is 8.85. The number of benzene rings is 1. The van der Waals surface area contributed by atoms with Crippen molar-refractivity contribution in [3.05, 3.63) is 28.8 Å². The van der Waals surface area contributed by atoms with Crippen LogP contribution in [-0.2, 0) is 9.84 Å². The molecule has 1 aromatic carbocycles. The van der Waals surface area contributed by atoms with Gasteiger partial charge in [-0.1, -0.05) is 11.6 Å². The van der Waals surface area contributed by atoms with Crippen LogP contribution in [-0.4, -0.2) is 14.2 Å². The lowest BCUT2D eigenvalue weighted by molar-refractivity contribution is 0.599. The number of nitrogens with zero attached hydrogens (tertiary/aromatic N) is 1. The van der Waals surface area contributed by atoms with E-state index in [0.717, 1.165) is 0 Å². The van der Waals surface area contributed by atoms with E-state index >= 15 is 0 Å². The molecule has 0 aromatic heterocycles. The van der Waals surface area contributed by atoms with E-state index in [4.69, 9.17) is 16.9 Å². The van der Waals surface area contributed by atoms with Crippen LogP contribution in [0.4, 0.5) is 0 Å². The van der Waals surface area contributed by atoms with Crippen LogP contribution in [0.5, 0.6) is 0 Å². The average molecular weight is 230 g/mol. The van der Waals surface area contributed by atoms with E-state index in [1.54, 1.807) is 13.0 Å². The largest absolute Gasteiger partial charge is 0.223 e. The van der Waals surface area contributed by atoms with Gasteiger partial charge in [0.25, 0.3) is 0 Å². The highest BCUT2D eigenvalue weighted by Gasteiger charge is 2.14. The lowest BCUT2D eigenvalue weighted by Gasteiger charge is -2.02. The second kappa shape index (κ2) is 3.99. The summed E-state index contributed by atoms with van der Waals surface area (Å²) >= 11 is 5.75. The van der Waals surface area contributed by atoms with Crippen LogP contribution in [0.25, 0.3) is 0 Å². The molecule has 0 aliphatic rings. The summed E-state index contributed by atoms with van der Waals surface area (Å²) in [6.07, 6.45) is 0. The summed E-state index contributed by atoms with van der Waals surface area (Å²) in [4.78, 5) is 0.140. The second-order valence-electron chi connectivity index (χ2n) is 2.83. The molecule has 0 bridgehead atoms. The third kappa shape index (κ3) is 2.25. The van der Waals surface area contributed by atoms with Crippen molar-refractivity contribution in [2.75, 3.05) is 5.75 Å². The van der Waals surface area contributed by atoms with Gasteiger partial charge in [-0.2, -0.15) is 5.26 Å². The first kappa shape index (κ1) is 11.0. The molecule has 0 heterocycles. The summed E-state index contributed by atoms with van der Waals surface area (Å²) in [5.41, 5.74) is 0.686. The van der Waals surface area contributed by atoms with Gasteiger partial charge in [-0.05, 0) is 30.7 Å². The zero-order valence-electron chi connectivity index (χ0n) is 7.49. The van der Waals surface area contributed by atoms with Gasteiger partial charge in [0.15, 0.2) is 9.84 Å². The van der Waals surface area contributed by atoms with Gasteiger partial charge in [-0.15, -0.1) is 0 Å². The van der Waals surface area contributed by atoms with Crippen molar-refractivity contribution in [3.63, 3.8) is 0 Å². The van der Waals surface area contributed by atoms with Crippen LogP contribution in [0.15, 0.2) is 23.1 Å². The lowest BCUT2D eigenvalue weighted by Crippen LogP contribution is -2.04. The zero-order valence-corrected chi connectivity index (χ0v) is 9.06. The van der Waals surface area contributed by atoms with Gasteiger partial charge in [-0.25, -0.2) is 8.42 Å². The van der Waals surface area contributed by atoms with Gasteiger partial charge >= 0.3 is 0 Å². The first-order valence-electron chi connectivity index (χ1n) is 3.83. The van der Waals surface area contributed by atoms with Crippen LogP contribution in [0.3, 0.4) is 0 Å². The maximum atomic E-state index is 11.4. The van der Waals surface area contributed by atoms with Gasteiger partial charge in [-0.3, -0.25) is 0 Å². The molecule has 0 spiro atoms. The molecule has 0 saturated heterocycles. The molecule has 74 valence electrons. The molecule has 5 heteroatoms. The first-order valence-corrected chi connectivity index (χ1v) is 5.86. The molecule has 3 nitrogen and oxygen atoms in total. The minimum atomic E-state index is -3.47. The van der Waals surface area contributed by atoms with Crippen LogP contribution in [0, 0.1) is 18.3 Å². The van der Waals surface area contributed by atoms with Gasteiger partial charge in [0.2, 0.25) is 0 Å². The molecule has 0 atom stereocenters. The van der Waals surface area contributed by atoms with E-state index in [-0.39, 0.29) is 4.90 Å². The molecular weight excluding hydrogens is 222 g/mol. The summed E-state index contributed by atoms with van der Waals surface area (Å²) in [7, 11) is -3.47. The number of hydrogen-bond acceptors (Lipinski definition) is 3. The number of halogens is 1. The number of aryl methyl sites for hydroxylation is 1. The van der Waals surface area contributed by atoms with E-state index in [0.29, 0.717) is 10.6 Å². The smallest absolute Gasteiger partial charge is 0.191 e. The SMILES string of the molecule is Cc1cc(S(=O)(=O)CC#N)ccc1Cl. The Labute approximate surface area is 87.8 Å². The van der Waals surface area contributed by atoms with E-state index in [1.165, 1.54) is 18.2 Å². The van der Waals surface area contributed by atoms with Crippen LogP contribution in [0.1, 0.15) is 5.56 Å². The molecule has 0 amide bonds. The van der Waals surface area contributed by atoms with Crippen LogP contribution < -0.4 is 0 Å². The van der Waals surface area contributed by atoms with Crippen LogP contribution >= 0.6 is 11.6 Å². The highest BCUT2D eigenvalue weighted by atomic mass is 35.5. The minimum absolute atomic E-state index is 0.140. The maximum absolute atomic E-state index is 11.4. The molecule has 0 unspecified atom stereocenters. The third-order valence-electron chi connectivity index (χ3n) is 1.74. The van der Waals surface area contributed by atoms with Gasteiger partial charge in [0.1, 0.15) is 5.75 Å². The number of hydrogen-bond donors (Lipinski definition) is 0. The number of sulfone groups is 1. The van der Waals surface area contributed by atoms with E-state index < -0.39 is 15.6 Å². The number of nitriles is 1. The van der Waals surface area contributed by atoms with E-state index in [9.17, 15) is 8.42 Å². The monoisotopic (exact) mass is 229 g/mol. The Kier molecular flexibility index (Phi) is 3.14. The van der Waals surface area contributed by atoms with E-state index in [1.807, 2.05) is 0 Å². The second-order valence-corrected chi connectivity index (χ2v) is 5.22. The standard InChI is InChI=1S/C9H8ClNO2S/c1-7-6-8(2-3-9(7)10)14(12,13)5-4-11/h2-3,6H,5H2,1H3. The van der Waals surface area contributed by atoms with Crippen molar-refractivity contribution in [2.45, 2.75) is 11.8 Å². The molecular formula is C9H8ClNO2S. The highest BCUT2D eigenvalue weighted by molar-refractivity contribution is 7.91. The fourth-order valence-electron chi connectivity index (χ4n) is 0.979. The fraction of sp³-hybridized carbons (Fsp3) is 0.222. The van der Waals surface area contributed by atoms with Crippen LogP contribution in [0.2, 0.25) is 5.02 Å². The average Bonchev–Trinajstić information content (AvgIpc) is 2.09. The molecule has 0 aliphatic heterocycles. The van der Waals surface area contributed by atoms with Gasteiger partial charge in [0.05, 0.1) is 11.0 Å². The minimum Gasteiger partial charge on any atom is -0.223 e. The normalized spacial score (nSPS) is 10.9. The molecule has 0 aliphatic carbocycles. The van der Waals surface area contributed by atoms with Gasteiger partial charge < -0.3 is 0 Å². The van der Waals surface area contributed by atoms with Crippen molar-refractivity contribution >= 4 is 21.4 Å². The zero-order chi connectivity index (χ0) is 10.8.